The number of carbonyl (C=O) groups excluding carboxylic acids is 1. The van der Waals surface area contributed by atoms with Gasteiger partial charge in [0.25, 0.3) is 0 Å². The molecule has 1 saturated heterocycles. The molecule has 1 amide bonds. The number of fused-ring (bicyclic) bond motifs is 1. The van der Waals surface area contributed by atoms with Gasteiger partial charge in [-0.2, -0.15) is 10.5 Å². The number of hydrogen-bond donors (Lipinski definition) is 1. The highest BCUT2D eigenvalue weighted by Gasteiger charge is 2.67. The average Bonchev–Trinajstić information content (AvgIpc) is 3.65. The number of hydrogen-bond acceptors (Lipinski definition) is 8. The van der Waals surface area contributed by atoms with Crippen molar-refractivity contribution in [1.82, 2.24) is 24.4 Å². The number of aryl methyl sites for hydroxylation is 1. The first-order chi connectivity index (χ1) is 21.4. The Bertz CT molecular complexity index is 1850. The first-order valence-electron chi connectivity index (χ1n) is 14.3. The van der Waals surface area contributed by atoms with E-state index in [-0.39, 0.29) is 47.8 Å². The third-order valence-electron chi connectivity index (χ3n) is 8.97. The zero-order chi connectivity index (χ0) is 32.2. The molecule has 3 aromatic rings. The number of rotatable bonds is 9. The van der Waals surface area contributed by atoms with Gasteiger partial charge in [0.05, 0.1) is 47.6 Å². The fourth-order valence-electron chi connectivity index (χ4n) is 6.27. The summed E-state index contributed by atoms with van der Waals surface area (Å²) in [7, 11) is 1.74. The maximum absolute atomic E-state index is 17.0. The molecule has 1 aromatic carbocycles. The van der Waals surface area contributed by atoms with E-state index in [1.807, 2.05) is 6.07 Å². The molecule has 3 heterocycles. The van der Waals surface area contributed by atoms with Gasteiger partial charge in [-0.15, -0.1) is 0 Å². The molecule has 12 heteroatoms. The van der Waals surface area contributed by atoms with Crippen LogP contribution in [-0.4, -0.2) is 42.0 Å². The van der Waals surface area contributed by atoms with Crippen molar-refractivity contribution in [3.05, 3.63) is 113 Å². The summed E-state index contributed by atoms with van der Waals surface area (Å²) in [5, 5.41) is 31.4. The first-order valence-corrected chi connectivity index (χ1v) is 14.6. The Kier molecular flexibility index (Phi) is 7.24. The van der Waals surface area contributed by atoms with Crippen LogP contribution in [0.3, 0.4) is 0 Å². The Morgan fingerprint density at radius 3 is 2.47 bits per heavy atom. The van der Waals surface area contributed by atoms with Crippen LogP contribution in [-0.2, 0) is 34.4 Å². The van der Waals surface area contributed by atoms with Crippen molar-refractivity contribution >= 4 is 17.5 Å². The van der Waals surface area contributed by atoms with Gasteiger partial charge in [0.2, 0.25) is 5.91 Å². The van der Waals surface area contributed by atoms with Crippen LogP contribution in [0.15, 0.2) is 84.9 Å². The van der Waals surface area contributed by atoms with Gasteiger partial charge in [0.15, 0.2) is 5.72 Å². The Morgan fingerprint density at radius 2 is 1.91 bits per heavy atom. The molecule has 3 atom stereocenters. The second-order valence-electron chi connectivity index (χ2n) is 12.0. The van der Waals surface area contributed by atoms with Crippen LogP contribution in [0.4, 0.5) is 4.39 Å². The van der Waals surface area contributed by atoms with Crippen molar-refractivity contribution in [2.45, 2.75) is 44.1 Å². The molecule has 6 rings (SSSR count). The number of ether oxygens (including phenoxy) is 1. The van der Waals surface area contributed by atoms with Gasteiger partial charge in [-0.1, -0.05) is 30.3 Å². The summed E-state index contributed by atoms with van der Waals surface area (Å²) in [6.45, 7) is 5.14. The van der Waals surface area contributed by atoms with Gasteiger partial charge >= 0.3 is 0 Å². The molecular formula is C33H29ClFN7O3. The van der Waals surface area contributed by atoms with Crippen molar-refractivity contribution in [3.63, 3.8) is 0 Å². The minimum absolute atomic E-state index is 0.0286. The van der Waals surface area contributed by atoms with E-state index < -0.39 is 33.9 Å². The lowest BCUT2D eigenvalue weighted by molar-refractivity contribution is -0.163. The molecule has 10 nitrogen and oxygen atoms in total. The van der Waals surface area contributed by atoms with E-state index in [1.165, 1.54) is 35.8 Å². The maximum Gasteiger partial charge on any atom is 0.236 e. The topological polar surface area (TPSA) is 141 Å². The normalized spacial score (nSPS) is 24.7. The highest BCUT2D eigenvalue weighted by atomic mass is 35.5. The van der Waals surface area contributed by atoms with Crippen molar-refractivity contribution in [3.8, 4) is 12.1 Å². The second-order valence-corrected chi connectivity index (χ2v) is 12.5. The van der Waals surface area contributed by atoms with Crippen LogP contribution in [0.2, 0.25) is 5.02 Å². The predicted molar refractivity (Wildman–Crippen MR) is 160 cm³/mol. The number of carbonyl (C=O) groups is 1. The van der Waals surface area contributed by atoms with Crippen molar-refractivity contribution in [2.75, 3.05) is 6.61 Å². The van der Waals surface area contributed by atoms with E-state index in [0.29, 0.717) is 23.4 Å². The van der Waals surface area contributed by atoms with E-state index in [0.717, 1.165) is 0 Å². The standard InChI is InChI=1S/C33H29ClFN7O3/c1-4-32(44,26-16-41(3)20-40-26)23-11-25(35)28-30(2,12-23)29(43)42(17-27-38-14-21(13-36)15-39-27)33(28,22-5-7-24(34)8-6-22)45-19-31(18-37)9-10-31/h4-8,11,14-16,20,44H,1,9-10,12,17,19H2,2-3H3/t30?,32?,33-/m1/s1. The van der Waals surface area contributed by atoms with Crippen LogP contribution >= 0.6 is 11.6 Å². The molecular weight excluding hydrogens is 597 g/mol. The lowest BCUT2D eigenvalue weighted by atomic mass is 9.67. The first kappa shape index (κ1) is 30.4. The van der Waals surface area contributed by atoms with E-state index in [4.69, 9.17) is 16.3 Å². The number of amides is 1. The van der Waals surface area contributed by atoms with Crippen LogP contribution in [0, 0.1) is 33.5 Å². The Hall–Kier alpha value is -4.68. The van der Waals surface area contributed by atoms with Gasteiger partial charge in [-0.25, -0.2) is 19.3 Å². The zero-order valence-corrected chi connectivity index (χ0v) is 25.4. The molecule has 0 spiro atoms. The molecule has 2 fully saturated rings. The summed E-state index contributed by atoms with van der Waals surface area (Å²) < 4.78 is 25.3. The van der Waals surface area contributed by atoms with E-state index in [9.17, 15) is 20.4 Å². The predicted octanol–water partition coefficient (Wildman–Crippen LogP) is 4.88. The molecule has 1 saturated carbocycles. The fourth-order valence-corrected chi connectivity index (χ4v) is 6.39. The lowest BCUT2D eigenvalue weighted by Crippen LogP contribution is -2.47. The Labute approximate surface area is 264 Å². The van der Waals surface area contributed by atoms with E-state index in [2.05, 4.69) is 27.6 Å². The smallest absolute Gasteiger partial charge is 0.236 e. The number of nitrogens with zero attached hydrogens (tertiary/aromatic N) is 7. The summed E-state index contributed by atoms with van der Waals surface area (Å²) in [5.74, 6) is -1.09. The number of imidazole rings is 1. The van der Waals surface area contributed by atoms with Gasteiger partial charge < -0.3 is 14.4 Å². The summed E-state index contributed by atoms with van der Waals surface area (Å²) in [5.41, 5.74) is -4.95. The number of aliphatic hydroxyl groups is 1. The monoisotopic (exact) mass is 625 g/mol. The summed E-state index contributed by atoms with van der Waals surface area (Å²) >= 11 is 6.26. The molecule has 228 valence electrons. The molecule has 3 aliphatic rings. The van der Waals surface area contributed by atoms with Crippen LogP contribution in [0.5, 0.6) is 0 Å². The van der Waals surface area contributed by atoms with Gasteiger partial charge in [-0.3, -0.25) is 9.69 Å². The van der Waals surface area contributed by atoms with Crippen molar-refractivity contribution < 1.29 is 19.0 Å². The second kappa shape index (κ2) is 10.7. The quantitative estimate of drug-likeness (QED) is 0.332. The Balaban J connectivity index is 1.58. The van der Waals surface area contributed by atoms with Crippen LogP contribution < -0.4 is 0 Å². The van der Waals surface area contributed by atoms with Gasteiger partial charge in [0, 0.05) is 41.8 Å². The summed E-state index contributed by atoms with van der Waals surface area (Å²) in [4.78, 5) is 29.0. The fraction of sp³-hybridized carbons (Fsp3) is 0.333. The highest BCUT2D eigenvalue weighted by Crippen LogP contribution is 2.62. The third kappa shape index (κ3) is 4.75. The molecule has 2 aromatic heterocycles. The summed E-state index contributed by atoms with van der Waals surface area (Å²) in [6.07, 6.45) is 9.39. The SMILES string of the molecule is C=CC(O)(C1=CC(F)=C2C(C)(C1)C(=O)N(Cc1ncc(C#N)cn1)[C@@]2(OCC1(C#N)CC1)c1ccc(Cl)cc1)c1cn(C)cn1. The number of benzene rings is 1. The number of aromatic nitrogens is 4. The average molecular weight is 626 g/mol. The minimum atomic E-state index is -1.88. The molecule has 0 radical (unpaired) electrons. The molecule has 45 heavy (non-hydrogen) atoms. The van der Waals surface area contributed by atoms with Crippen LogP contribution in [0.1, 0.15) is 48.8 Å². The third-order valence-corrected chi connectivity index (χ3v) is 9.22. The van der Waals surface area contributed by atoms with Crippen LogP contribution in [0.25, 0.3) is 0 Å². The van der Waals surface area contributed by atoms with E-state index >= 15 is 4.39 Å². The van der Waals surface area contributed by atoms with Gasteiger partial charge in [0.1, 0.15) is 23.3 Å². The highest BCUT2D eigenvalue weighted by molar-refractivity contribution is 6.30. The molecule has 0 bridgehead atoms. The number of likely N-dealkylation sites (tertiary alicyclic amines) is 1. The Morgan fingerprint density at radius 1 is 1.22 bits per heavy atom. The number of nitriles is 2. The summed E-state index contributed by atoms with van der Waals surface area (Å²) in [6, 6.07) is 10.8. The zero-order valence-electron chi connectivity index (χ0n) is 24.7. The minimum Gasteiger partial charge on any atom is -0.375 e. The molecule has 2 unspecified atom stereocenters. The maximum atomic E-state index is 17.0. The largest absolute Gasteiger partial charge is 0.375 e. The molecule has 1 N–H and O–H groups in total. The van der Waals surface area contributed by atoms with Gasteiger partial charge in [-0.05, 0) is 56.0 Å². The van der Waals surface area contributed by atoms with E-state index in [1.54, 1.807) is 49.0 Å². The molecule has 1 aliphatic heterocycles. The van der Waals surface area contributed by atoms with Crippen molar-refractivity contribution in [1.29, 1.82) is 10.5 Å². The number of allylic oxidation sites excluding steroid dienone is 2. The molecule has 2 aliphatic carbocycles. The van der Waals surface area contributed by atoms with Crippen molar-refractivity contribution in [2.24, 2.45) is 17.9 Å². The lowest BCUT2D eigenvalue weighted by Gasteiger charge is -2.41. The number of halogens is 2.